The molecule has 0 atom stereocenters. The number of halogens is 3. The topological polar surface area (TPSA) is 50.2 Å². The van der Waals surface area contributed by atoms with Gasteiger partial charge in [-0.3, -0.25) is 5.43 Å². The van der Waals surface area contributed by atoms with E-state index < -0.39 is 12.0 Å². The van der Waals surface area contributed by atoms with Gasteiger partial charge in [0.05, 0.1) is 16.1 Å². The average Bonchev–Trinajstić information content (AvgIpc) is 2.97. The Labute approximate surface area is 140 Å². The van der Waals surface area contributed by atoms with Crippen molar-refractivity contribution in [1.82, 2.24) is 9.97 Å². The molecule has 1 N–H and O–H groups in total. The van der Waals surface area contributed by atoms with Gasteiger partial charge in [0.25, 0.3) is 0 Å². The third-order valence-electron chi connectivity index (χ3n) is 3.28. The first-order valence-electron chi connectivity index (χ1n) is 7.05. The molecule has 8 heteroatoms. The van der Waals surface area contributed by atoms with Crippen LogP contribution in [0.3, 0.4) is 0 Å². The summed E-state index contributed by atoms with van der Waals surface area (Å²) in [5.41, 5.74) is 3.53. The maximum absolute atomic E-state index is 13.0. The zero-order valence-electron chi connectivity index (χ0n) is 12.8. The summed E-state index contributed by atoms with van der Waals surface area (Å²) in [6.45, 7) is 3.76. The SMILES string of the molecule is C/C(=N/Nc1nc(C(F)(F)F)nc2ccccc12)c1ccc(C)s1. The van der Waals surface area contributed by atoms with Crippen LogP contribution < -0.4 is 5.43 Å². The molecular formula is C16H13F3N4S. The van der Waals surface area contributed by atoms with Crippen LogP contribution in [-0.2, 0) is 6.18 Å². The van der Waals surface area contributed by atoms with Gasteiger partial charge in [-0.25, -0.2) is 9.97 Å². The minimum Gasteiger partial charge on any atom is -0.260 e. The van der Waals surface area contributed by atoms with Crippen molar-refractivity contribution < 1.29 is 13.2 Å². The predicted octanol–water partition coefficient (Wildman–Crippen LogP) is 4.85. The summed E-state index contributed by atoms with van der Waals surface area (Å²) in [5.74, 6) is -1.16. The molecule has 0 bridgehead atoms. The molecule has 3 aromatic rings. The molecule has 0 amide bonds. The lowest BCUT2D eigenvalue weighted by Crippen LogP contribution is -2.13. The summed E-state index contributed by atoms with van der Waals surface area (Å²) in [5, 5.41) is 4.65. The molecule has 0 spiro atoms. The molecule has 2 heterocycles. The Balaban J connectivity index is 2.01. The number of rotatable bonds is 3. The van der Waals surface area contributed by atoms with E-state index in [1.807, 2.05) is 19.1 Å². The molecule has 24 heavy (non-hydrogen) atoms. The van der Waals surface area contributed by atoms with E-state index in [9.17, 15) is 13.2 Å². The third-order valence-corrected chi connectivity index (χ3v) is 4.39. The molecule has 0 saturated heterocycles. The molecule has 0 saturated carbocycles. The second kappa shape index (κ2) is 6.20. The fourth-order valence-electron chi connectivity index (χ4n) is 2.11. The van der Waals surface area contributed by atoms with Crippen LogP contribution >= 0.6 is 11.3 Å². The van der Waals surface area contributed by atoms with Crippen LogP contribution in [0, 0.1) is 6.92 Å². The zero-order chi connectivity index (χ0) is 17.3. The number of anilines is 1. The minimum atomic E-state index is -4.62. The second-order valence-electron chi connectivity index (χ2n) is 5.13. The number of benzene rings is 1. The number of para-hydroxylation sites is 1. The van der Waals surface area contributed by atoms with E-state index in [4.69, 9.17) is 0 Å². The van der Waals surface area contributed by atoms with Gasteiger partial charge < -0.3 is 0 Å². The van der Waals surface area contributed by atoms with E-state index in [-0.39, 0.29) is 11.3 Å². The number of nitrogens with zero attached hydrogens (tertiary/aromatic N) is 3. The van der Waals surface area contributed by atoms with Gasteiger partial charge in [0.1, 0.15) is 0 Å². The number of thiophene rings is 1. The van der Waals surface area contributed by atoms with E-state index in [1.54, 1.807) is 36.5 Å². The van der Waals surface area contributed by atoms with Crippen molar-refractivity contribution in [2.45, 2.75) is 20.0 Å². The number of nitrogens with one attached hydrogen (secondary N) is 1. The summed E-state index contributed by atoms with van der Waals surface area (Å²) in [6, 6.07) is 10.4. The molecule has 0 aliphatic heterocycles. The number of fused-ring (bicyclic) bond motifs is 1. The van der Waals surface area contributed by atoms with Crippen molar-refractivity contribution in [3.8, 4) is 0 Å². The Hall–Kier alpha value is -2.48. The maximum Gasteiger partial charge on any atom is 0.451 e. The molecule has 0 aliphatic rings. The highest BCUT2D eigenvalue weighted by Crippen LogP contribution is 2.30. The van der Waals surface area contributed by atoms with Crippen LogP contribution in [0.15, 0.2) is 41.5 Å². The normalized spacial score (nSPS) is 12.6. The van der Waals surface area contributed by atoms with Crippen LogP contribution in [0.1, 0.15) is 22.5 Å². The first kappa shape index (κ1) is 16.4. The van der Waals surface area contributed by atoms with Gasteiger partial charge in [0, 0.05) is 10.3 Å². The van der Waals surface area contributed by atoms with Gasteiger partial charge in [0.2, 0.25) is 5.82 Å². The van der Waals surface area contributed by atoms with Gasteiger partial charge in [-0.15, -0.1) is 11.3 Å². The monoisotopic (exact) mass is 350 g/mol. The van der Waals surface area contributed by atoms with E-state index in [0.29, 0.717) is 11.1 Å². The molecule has 4 nitrogen and oxygen atoms in total. The molecule has 0 unspecified atom stereocenters. The molecule has 0 radical (unpaired) electrons. The Bertz CT molecular complexity index is 915. The molecule has 124 valence electrons. The molecule has 0 aliphatic carbocycles. The van der Waals surface area contributed by atoms with Crippen molar-refractivity contribution in [2.75, 3.05) is 5.43 Å². The Morgan fingerprint density at radius 1 is 1.12 bits per heavy atom. The lowest BCUT2D eigenvalue weighted by Gasteiger charge is -2.10. The maximum atomic E-state index is 13.0. The minimum absolute atomic E-state index is 0.0283. The number of hydrazone groups is 1. The fourth-order valence-corrected chi connectivity index (χ4v) is 2.92. The van der Waals surface area contributed by atoms with Crippen molar-refractivity contribution in [3.63, 3.8) is 0 Å². The number of alkyl halides is 3. The van der Waals surface area contributed by atoms with Crippen LogP contribution in [0.2, 0.25) is 0 Å². The van der Waals surface area contributed by atoms with Crippen molar-refractivity contribution in [2.24, 2.45) is 5.10 Å². The predicted molar refractivity (Wildman–Crippen MR) is 89.4 cm³/mol. The molecular weight excluding hydrogens is 337 g/mol. The Morgan fingerprint density at radius 3 is 2.54 bits per heavy atom. The Morgan fingerprint density at radius 2 is 1.88 bits per heavy atom. The van der Waals surface area contributed by atoms with Gasteiger partial charge in [-0.05, 0) is 38.1 Å². The van der Waals surface area contributed by atoms with Crippen molar-refractivity contribution in [3.05, 3.63) is 52.0 Å². The average molecular weight is 350 g/mol. The van der Waals surface area contributed by atoms with Crippen LogP contribution in [0.25, 0.3) is 10.9 Å². The first-order chi connectivity index (χ1) is 11.3. The fraction of sp³-hybridized carbons (Fsp3) is 0.188. The van der Waals surface area contributed by atoms with E-state index >= 15 is 0 Å². The van der Waals surface area contributed by atoms with E-state index in [2.05, 4.69) is 20.5 Å². The summed E-state index contributed by atoms with van der Waals surface area (Å²) in [7, 11) is 0. The number of hydrogen-bond acceptors (Lipinski definition) is 5. The van der Waals surface area contributed by atoms with Crippen molar-refractivity contribution >= 4 is 33.8 Å². The lowest BCUT2D eigenvalue weighted by molar-refractivity contribution is -0.144. The second-order valence-corrected chi connectivity index (χ2v) is 6.42. The van der Waals surface area contributed by atoms with Gasteiger partial charge >= 0.3 is 6.18 Å². The molecule has 1 aromatic carbocycles. The van der Waals surface area contributed by atoms with Crippen LogP contribution in [0.4, 0.5) is 19.0 Å². The summed E-state index contributed by atoms with van der Waals surface area (Å²) < 4.78 is 38.9. The van der Waals surface area contributed by atoms with E-state index in [0.717, 1.165) is 9.75 Å². The smallest absolute Gasteiger partial charge is 0.260 e. The zero-order valence-corrected chi connectivity index (χ0v) is 13.7. The summed E-state index contributed by atoms with van der Waals surface area (Å²) in [6.07, 6.45) is -4.62. The highest BCUT2D eigenvalue weighted by Gasteiger charge is 2.35. The summed E-state index contributed by atoms with van der Waals surface area (Å²) >= 11 is 1.56. The van der Waals surface area contributed by atoms with Gasteiger partial charge in [0.15, 0.2) is 5.82 Å². The quantitative estimate of drug-likeness (QED) is 0.542. The summed E-state index contributed by atoms with van der Waals surface area (Å²) in [4.78, 5) is 9.24. The van der Waals surface area contributed by atoms with E-state index in [1.165, 1.54) is 6.07 Å². The first-order valence-corrected chi connectivity index (χ1v) is 7.87. The van der Waals surface area contributed by atoms with Gasteiger partial charge in [-0.2, -0.15) is 18.3 Å². The molecule has 3 rings (SSSR count). The highest BCUT2D eigenvalue weighted by molar-refractivity contribution is 7.14. The van der Waals surface area contributed by atoms with Crippen LogP contribution in [-0.4, -0.2) is 15.7 Å². The van der Waals surface area contributed by atoms with Crippen molar-refractivity contribution in [1.29, 1.82) is 0 Å². The standard InChI is InChI=1S/C16H13F3N4S/c1-9-7-8-13(24-9)10(2)22-23-14-11-5-3-4-6-12(11)20-15(21-14)16(17,18)19/h3-8H,1-2H3,(H,20,21,23)/b22-10-. The molecule has 2 aromatic heterocycles. The third kappa shape index (κ3) is 3.38. The molecule has 0 fully saturated rings. The largest absolute Gasteiger partial charge is 0.451 e. The lowest BCUT2D eigenvalue weighted by atomic mass is 10.2. The Kier molecular flexibility index (Phi) is 4.23. The number of aryl methyl sites for hydroxylation is 1. The van der Waals surface area contributed by atoms with Crippen LogP contribution in [0.5, 0.6) is 0 Å². The van der Waals surface area contributed by atoms with Gasteiger partial charge in [-0.1, -0.05) is 12.1 Å². The highest BCUT2D eigenvalue weighted by atomic mass is 32.1. The number of aromatic nitrogens is 2. The number of hydrogen-bond donors (Lipinski definition) is 1.